The van der Waals surface area contributed by atoms with Crippen LogP contribution < -0.4 is 0 Å². The van der Waals surface area contributed by atoms with Gasteiger partial charge in [0.25, 0.3) is 0 Å². The molecule has 0 aromatic heterocycles. The first kappa shape index (κ1) is 9.43. The Morgan fingerprint density at radius 2 is 1.25 bits per heavy atom. The average molecular weight is 250 g/mol. The Balaban J connectivity index is 3.24. The van der Waals surface area contributed by atoms with Gasteiger partial charge in [-0.1, -0.05) is 0 Å². The van der Waals surface area contributed by atoms with Gasteiger partial charge in [0.05, 0.1) is 16.1 Å². The molecule has 1 aliphatic heterocycles. The lowest BCUT2D eigenvalue weighted by molar-refractivity contribution is -0.192. The van der Waals surface area contributed by atoms with Crippen molar-refractivity contribution in [2.24, 2.45) is 0 Å². The molecule has 1 rings (SSSR count). The molecule has 0 bridgehead atoms. The molecule has 0 radical (unpaired) electrons. The summed E-state index contributed by atoms with van der Waals surface area (Å²) in [5.41, 5.74) is 0. The Labute approximate surface area is 71.7 Å². The summed E-state index contributed by atoms with van der Waals surface area (Å²) >= 11 is 1.99. The highest BCUT2D eigenvalue weighted by Gasteiger charge is 2.75. The summed E-state index contributed by atoms with van der Waals surface area (Å²) in [6.45, 7) is 0. The standard InChI is InChI=1S/C4BrF4NO2/c5-10-1(11)3(6,7)4(8,9)2(10)12. The van der Waals surface area contributed by atoms with Crippen molar-refractivity contribution in [1.29, 1.82) is 0 Å². The van der Waals surface area contributed by atoms with Crippen molar-refractivity contribution in [2.75, 3.05) is 0 Å². The molecule has 8 heteroatoms. The monoisotopic (exact) mass is 249 g/mol. The second kappa shape index (κ2) is 2.18. The van der Waals surface area contributed by atoms with Gasteiger partial charge >= 0.3 is 23.7 Å². The normalized spacial score (nSPS) is 26.6. The van der Waals surface area contributed by atoms with Crippen LogP contribution in [0.1, 0.15) is 0 Å². The largest absolute Gasteiger partial charge is 0.397 e. The molecule has 1 heterocycles. The van der Waals surface area contributed by atoms with Crippen LogP contribution in [0.15, 0.2) is 0 Å². The van der Waals surface area contributed by atoms with Crippen molar-refractivity contribution in [2.45, 2.75) is 11.8 Å². The highest BCUT2D eigenvalue weighted by molar-refractivity contribution is 9.08. The van der Waals surface area contributed by atoms with Crippen LogP contribution in [0, 0.1) is 0 Å². The first-order chi connectivity index (χ1) is 5.23. The van der Waals surface area contributed by atoms with E-state index in [0.29, 0.717) is 0 Å². The SMILES string of the molecule is O=C1N(Br)C(=O)C(F)(F)C1(F)F. The highest BCUT2D eigenvalue weighted by Crippen LogP contribution is 2.44. The highest BCUT2D eigenvalue weighted by atomic mass is 79.9. The van der Waals surface area contributed by atoms with Crippen molar-refractivity contribution < 1.29 is 27.2 Å². The van der Waals surface area contributed by atoms with Crippen LogP contribution in [-0.4, -0.2) is 27.6 Å². The Kier molecular flexibility index (Phi) is 1.71. The zero-order valence-electron chi connectivity index (χ0n) is 5.15. The summed E-state index contributed by atoms with van der Waals surface area (Å²) in [5.74, 6) is -14.4. The van der Waals surface area contributed by atoms with Gasteiger partial charge < -0.3 is 0 Å². The quantitative estimate of drug-likeness (QED) is 0.364. The number of hydrogen-bond acceptors (Lipinski definition) is 2. The van der Waals surface area contributed by atoms with E-state index in [1.54, 1.807) is 0 Å². The number of carbonyl (C=O) groups is 2. The Hall–Kier alpha value is -0.660. The molecule has 3 nitrogen and oxygen atoms in total. The fraction of sp³-hybridized carbons (Fsp3) is 0.500. The van der Waals surface area contributed by atoms with Crippen LogP contribution in [0.25, 0.3) is 0 Å². The van der Waals surface area contributed by atoms with E-state index in [9.17, 15) is 27.2 Å². The summed E-state index contributed by atoms with van der Waals surface area (Å²) < 4.78 is 48.4. The van der Waals surface area contributed by atoms with Crippen LogP contribution in [0.3, 0.4) is 0 Å². The van der Waals surface area contributed by atoms with Gasteiger partial charge in [-0.3, -0.25) is 9.59 Å². The van der Waals surface area contributed by atoms with Gasteiger partial charge in [-0.2, -0.15) is 17.6 Å². The van der Waals surface area contributed by atoms with Gasteiger partial charge in [0.1, 0.15) is 0 Å². The molecule has 0 spiro atoms. The lowest BCUT2D eigenvalue weighted by Gasteiger charge is -2.11. The van der Waals surface area contributed by atoms with Crippen LogP contribution >= 0.6 is 16.1 Å². The lowest BCUT2D eigenvalue weighted by atomic mass is 10.2. The third-order valence-corrected chi connectivity index (χ3v) is 1.93. The molecule has 2 amide bonds. The maximum atomic E-state index is 12.2. The number of imide groups is 1. The van der Waals surface area contributed by atoms with E-state index in [-0.39, 0.29) is 0 Å². The van der Waals surface area contributed by atoms with Gasteiger partial charge in [-0.15, -0.1) is 0 Å². The molecule has 1 aliphatic rings. The van der Waals surface area contributed by atoms with E-state index in [1.165, 1.54) is 0 Å². The molecule has 0 unspecified atom stereocenters. The van der Waals surface area contributed by atoms with Crippen LogP contribution in [0.4, 0.5) is 17.6 Å². The number of nitrogens with zero attached hydrogens (tertiary/aromatic N) is 1. The van der Waals surface area contributed by atoms with Crippen LogP contribution in [0.5, 0.6) is 0 Å². The molecule has 12 heavy (non-hydrogen) atoms. The minimum atomic E-state index is -4.95. The van der Waals surface area contributed by atoms with Gasteiger partial charge in [0, 0.05) is 0 Å². The van der Waals surface area contributed by atoms with Crippen LogP contribution in [0.2, 0.25) is 0 Å². The number of hydrogen-bond donors (Lipinski definition) is 0. The van der Waals surface area contributed by atoms with Gasteiger partial charge in [-0.25, -0.2) is 3.93 Å². The summed E-state index contributed by atoms with van der Waals surface area (Å²) in [6.07, 6.45) is 0. The van der Waals surface area contributed by atoms with E-state index in [1.807, 2.05) is 16.1 Å². The minimum absolute atomic E-state index is 0.465. The number of rotatable bonds is 0. The minimum Gasteiger partial charge on any atom is -0.266 e. The van der Waals surface area contributed by atoms with E-state index < -0.39 is 27.6 Å². The predicted molar refractivity (Wildman–Crippen MR) is 30.7 cm³/mol. The zero-order valence-corrected chi connectivity index (χ0v) is 6.74. The zero-order chi connectivity index (χ0) is 9.73. The summed E-state index contributed by atoms with van der Waals surface area (Å²) in [6, 6.07) is 0. The second-order valence-electron chi connectivity index (χ2n) is 2.04. The molecule has 0 aromatic carbocycles. The topological polar surface area (TPSA) is 37.4 Å². The fourth-order valence-electron chi connectivity index (χ4n) is 0.607. The predicted octanol–water partition coefficient (Wildman–Crippen LogP) is 0.936. The molecule has 1 saturated heterocycles. The van der Waals surface area contributed by atoms with Crippen LogP contribution in [-0.2, 0) is 9.59 Å². The second-order valence-corrected chi connectivity index (χ2v) is 2.75. The molecule has 0 atom stereocenters. The number of carbonyl (C=O) groups excluding carboxylic acids is 2. The van der Waals surface area contributed by atoms with Crippen molar-refractivity contribution in [3.8, 4) is 0 Å². The van der Waals surface area contributed by atoms with Gasteiger partial charge in [0.15, 0.2) is 0 Å². The first-order valence-electron chi connectivity index (χ1n) is 2.53. The Morgan fingerprint density at radius 1 is 1.00 bits per heavy atom. The van der Waals surface area contributed by atoms with E-state index in [2.05, 4.69) is 0 Å². The average Bonchev–Trinajstić information content (AvgIpc) is 2.05. The molecule has 0 saturated carbocycles. The molecular weight excluding hydrogens is 250 g/mol. The molecule has 0 N–H and O–H groups in total. The number of amides is 2. The van der Waals surface area contributed by atoms with Crippen molar-refractivity contribution >= 4 is 28.0 Å². The number of alkyl halides is 4. The summed E-state index contributed by atoms with van der Waals surface area (Å²) in [5, 5.41) is 0. The first-order valence-corrected chi connectivity index (χ1v) is 3.24. The summed E-state index contributed by atoms with van der Waals surface area (Å²) in [4.78, 5) is 20.6. The lowest BCUT2D eigenvalue weighted by Crippen LogP contribution is -2.43. The molecule has 0 aromatic rings. The Bertz CT molecular complexity index is 240. The van der Waals surface area contributed by atoms with Crippen molar-refractivity contribution in [3.63, 3.8) is 0 Å². The molecular formula is C4BrF4NO2. The van der Waals surface area contributed by atoms with Gasteiger partial charge in [-0.05, 0) is 0 Å². The maximum Gasteiger partial charge on any atom is 0.397 e. The van der Waals surface area contributed by atoms with E-state index >= 15 is 0 Å². The van der Waals surface area contributed by atoms with Crippen molar-refractivity contribution in [3.05, 3.63) is 0 Å². The maximum absolute atomic E-state index is 12.2. The third kappa shape index (κ3) is 0.809. The molecule has 68 valence electrons. The van der Waals surface area contributed by atoms with Crippen molar-refractivity contribution in [1.82, 2.24) is 3.93 Å². The Morgan fingerprint density at radius 3 is 1.33 bits per heavy atom. The smallest absolute Gasteiger partial charge is 0.266 e. The fourth-order valence-corrected chi connectivity index (χ4v) is 1.05. The number of halogens is 5. The molecule has 0 aliphatic carbocycles. The van der Waals surface area contributed by atoms with E-state index in [4.69, 9.17) is 0 Å². The van der Waals surface area contributed by atoms with Gasteiger partial charge in [0.2, 0.25) is 0 Å². The van der Waals surface area contributed by atoms with E-state index in [0.717, 1.165) is 0 Å². The third-order valence-electron chi connectivity index (χ3n) is 1.29. The molecule has 1 fully saturated rings. The summed E-state index contributed by atoms with van der Waals surface area (Å²) in [7, 11) is 0.